The van der Waals surface area contributed by atoms with E-state index < -0.39 is 0 Å². The standard InChI is InChI=1S/C13H16N4S/c1-2-15-9-4-3-5-10-12(9)18-13(17-10)11-6-7-14-8-16-11/h6-9,15H,2-5H2,1H3. The van der Waals surface area contributed by atoms with Crippen molar-refractivity contribution in [2.75, 3.05) is 6.54 Å². The summed E-state index contributed by atoms with van der Waals surface area (Å²) in [7, 11) is 0. The highest BCUT2D eigenvalue weighted by Gasteiger charge is 2.24. The summed E-state index contributed by atoms with van der Waals surface area (Å²) in [6, 6.07) is 2.40. The molecule has 2 aromatic rings. The van der Waals surface area contributed by atoms with Crippen LogP contribution in [0.25, 0.3) is 10.7 Å². The van der Waals surface area contributed by atoms with Crippen molar-refractivity contribution >= 4 is 11.3 Å². The molecule has 1 N–H and O–H groups in total. The fourth-order valence-electron chi connectivity index (χ4n) is 2.39. The summed E-state index contributed by atoms with van der Waals surface area (Å²) in [5.74, 6) is 0. The Bertz CT molecular complexity index is 523. The minimum atomic E-state index is 0.479. The molecule has 0 amide bonds. The molecule has 0 aromatic carbocycles. The first kappa shape index (κ1) is 11.7. The molecular formula is C13H16N4S. The summed E-state index contributed by atoms with van der Waals surface area (Å²) in [5, 5.41) is 4.56. The Morgan fingerprint density at radius 3 is 3.22 bits per heavy atom. The van der Waals surface area contributed by atoms with Crippen LogP contribution in [0.1, 0.15) is 36.4 Å². The first-order valence-corrected chi connectivity index (χ1v) is 7.19. The molecule has 2 heterocycles. The van der Waals surface area contributed by atoms with E-state index in [0.717, 1.165) is 23.7 Å². The molecule has 0 radical (unpaired) electrons. The summed E-state index contributed by atoms with van der Waals surface area (Å²) in [4.78, 5) is 14.4. The van der Waals surface area contributed by atoms with Gasteiger partial charge < -0.3 is 5.32 Å². The van der Waals surface area contributed by atoms with Gasteiger partial charge in [-0.15, -0.1) is 11.3 Å². The van der Waals surface area contributed by atoms with E-state index >= 15 is 0 Å². The maximum Gasteiger partial charge on any atom is 0.142 e. The zero-order valence-electron chi connectivity index (χ0n) is 10.4. The summed E-state index contributed by atoms with van der Waals surface area (Å²) >= 11 is 1.77. The lowest BCUT2D eigenvalue weighted by Gasteiger charge is -2.21. The Labute approximate surface area is 111 Å². The van der Waals surface area contributed by atoms with E-state index in [1.54, 1.807) is 23.9 Å². The number of nitrogens with one attached hydrogen (secondary N) is 1. The zero-order chi connectivity index (χ0) is 12.4. The number of rotatable bonds is 3. The van der Waals surface area contributed by atoms with Crippen molar-refractivity contribution < 1.29 is 0 Å². The SMILES string of the molecule is CCNC1CCCc2nc(-c3ccncn3)sc21. The summed E-state index contributed by atoms with van der Waals surface area (Å²) in [6.07, 6.45) is 6.88. The normalized spacial score (nSPS) is 18.6. The molecule has 1 unspecified atom stereocenters. The van der Waals surface area contributed by atoms with Crippen LogP contribution >= 0.6 is 11.3 Å². The lowest BCUT2D eigenvalue weighted by atomic mass is 9.98. The third kappa shape index (κ3) is 2.15. The lowest BCUT2D eigenvalue weighted by molar-refractivity contribution is 0.476. The largest absolute Gasteiger partial charge is 0.309 e. The fourth-order valence-corrected chi connectivity index (χ4v) is 3.59. The van der Waals surface area contributed by atoms with Crippen LogP contribution < -0.4 is 5.32 Å². The molecule has 0 saturated heterocycles. The molecule has 0 bridgehead atoms. The monoisotopic (exact) mass is 260 g/mol. The Morgan fingerprint density at radius 1 is 1.50 bits per heavy atom. The molecule has 3 rings (SSSR count). The van der Waals surface area contributed by atoms with E-state index in [-0.39, 0.29) is 0 Å². The maximum atomic E-state index is 4.74. The average molecular weight is 260 g/mol. The van der Waals surface area contributed by atoms with E-state index in [0.29, 0.717) is 6.04 Å². The van der Waals surface area contributed by atoms with Crippen LogP contribution in [-0.4, -0.2) is 21.5 Å². The second-order valence-corrected chi connectivity index (χ2v) is 5.46. The van der Waals surface area contributed by atoms with Crippen molar-refractivity contribution in [3.05, 3.63) is 29.2 Å². The van der Waals surface area contributed by atoms with Gasteiger partial charge in [0.2, 0.25) is 0 Å². The number of hydrogen-bond donors (Lipinski definition) is 1. The van der Waals surface area contributed by atoms with E-state index in [9.17, 15) is 0 Å². The third-order valence-corrected chi connectivity index (χ3v) is 4.44. The topological polar surface area (TPSA) is 50.7 Å². The van der Waals surface area contributed by atoms with Crippen molar-refractivity contribution in [1.82, 2.24) is 20.3 Å². The predicted molar refractivity (Wildman–Crippen MR) is 72.5 cm³/mol. The first-order valence-electron chi connectivity index (χ1n) is 6.38. The summed E-state index contributed by atoms with van der Waals surface area (Å²) in [5.41, 5.74) is 2.19. The highest BCUT2D eigenvalue weighted by molar-refractivity contribution is 7.15. The molecule has 2 aromatic heterocycles. The van der Waals surface area contributed by atoms with Gasteiger partial charge in [-0.2, -0.15) is 0 Å². The Morgan fingerprint density at radius 2 is 2.44 bits per heavy atom. The Hall–Kier alpha value is -1.33. The van der Waals surface area contributed by atoms with E-state index in [4.69, 9.17) is 4.98 Å². The second kappa shape index (κ2) is 5.12. The lowest BCUT2D eigenvalue weighted by Crippen LogP contribution is -2.23. The summed E-state index contributed by atoms with van der Waals surface area (Å²) < 4.78 is 0. The van der Waals surface area contributed by atoms with Gasteiger partial charge in [-0.3, -0.25) is 0 Å². The van der Waals surface area contributed by atoms with Crippen LogP contribution in [0.4, 0.5) is 0 Å². The van der Waals surface area contributed by atoms with Crippen LogP contribution in [0.15, 0.2) is 18.6 Å². The van der Waals surface area contributed by atoms with Crippen molar-refractivity contribution in [3.63, 3.8) is 0 Å². The van der Waals surface area contributed by atoms with Crippen molar-refractivity contribution in [3.8, 4) is 10.7 Å². The molecule has 0 saturated carbocycles. The van der Waals surface area contributed by atoms with Crippen molar-refractivity contribution in [2.45, 2.75) is 32.2 Å². The number of nitrogens with zero attached hydrogens (tertiary/aromatic N) is 3. The van der Waals surface area contributed by atoms with Crippen LogP contribution in [0, 0.1) is 0 Å². The van der Waals surface area contributed by atoms with Gasteiger partial charge >= 0.3 is 0 Å². The quantitative estimate of drug-likeness (QED) is 0.921. The average Bonchev–Trinajstić information content (AvgIpc) is 2.85. The summed E-state index contributed by atoms with van der Waals surface area (Å²) in [6.45, 7) is 3.16. The van der Waals surface area contributed by atoms with Gasteiger partial charge in [0.25, 0.3) is 0 Å². The van der Waals surface area contributed by atoms with Gasteiger partial charge in [0, 0.05) is 17.1 Å². The number of fused-ring (bicyclic) bond motifs is 1. The number of aryl methyl sites for hydroxylation is 1. The van der Waals surface area contributed by atoms with Gasteiger partial charge in [-0.05, 0) is 31.9 Å². The molecule has 1 atom stereocenters. The van der Waals surface area contributed by atoms with Crippen LogP contribution in [0.3, 0.4) is 0 Å². The van der Waals surface area contributed by atoms with Crippen LogP contribution in [0.2, 0.25) is 0 Å². The maximum absolute atomic E-state index is 4.74. The highest BCUT2D eigenvalue weighted by Crippen LogP contribution is 2.37. The van der Waals surface area contributed by atoms with Crippen molar-refractivity contribution in [2.24, 2.45) is 0 Å². The molecule has 0 aliphatic heterocycles. The van der Waals surface area contributed by atoms with Gasteiger partial charge in [0.15, 0.2) is 0 Å². The van der Waals surface area contributed by atoms with Gasteiger partial charge in [0.05, 0.1) is 5.69 Å². The van der Waals surface area contributed by atoms with E-state index in [2.05, 4.69) is 22.2 Å². The molecule has 94 valence electrons. The molecule has 4 nitrogen and oxygen atoms in total. The van der Waals surface area contributed by atoms with E-state index in [1.165, 1.54) is 23.4 Å². The highest BCUT2D eigenvalue weighted by atomic mass is 32.1. The van der Waals surface area contributed by atoms with Gasteiger partial charge in [-0.1, -0.05) is 6.92 Å². The molecular weight excluding hydrogens is 244 g/mol. The van der Waals surface area contributed by atoms with Gasteiger partial charge in [0.1, 0.15) is 17.0 Å². The molecule has 1 aliphatic rings. The first-order chi connectivity index (χ1) is 8.88. The number of thiazole rings is 1. The Balaban J connectivity index is 1.96. The second-order valence-electron chi connectivity index (χ2n) is 4.43. The smallest absolute Gasteiger partial charge is 0.142 e. The molecule has 0 fully saturated rings. The Kier molecular flexibility index (Phi) is 3.34. The predicted octanol–water partition coefficient (Wildman–Crippen LogP) is 2.59. The number of aromatic nitrogens is 3. The zero-order valence-corrected chi connectivity index (χ0v) is 11.2. The van der Waals surface area contributed by atoms with Gasteiger partial charge in [-0.25, -0.2) is 15.0 Å². The minimum Gasteiger partial charge on any atom is -0.309 e. The fraction of sp³-hybridized carbons (Fsp3) is 0.462. The molecule has 18 heavy (non-hydrogen) atoms. The third-order valence-electron chi connectivity index (χ3n) is 3.20. The van der Waals surface area contributed by atoms with E-state index in [1.807, 2.05) is 6.07 Å². The number of hydrogen-bond acceptors (Lipinski definition) is 5. The minimum absolute atomic E-state index is 0.479. The molecule has 0 spiro atoms. The van der Waals surface area contributed by atoms with Crippen LogP contribution in [0.5, 0.6) is 0 Å². The molecule has 1 aliphatic carbocycles. The van der Waals surface area contributed by atoms with Crippen LogP contribution in [-0.2, 0) is 6.42 Å². The molecule has 5 heteroatoms. The van der Waals surface area contributed by atoms with Crippen molar-refractivity contribution in [1.29, 1.82) is 0 Å².